The van der Waals surface area contributed by atoms with Gasteiger partial charge in [-0.05, 0) is 31.4 Å². The summed E-state index contributed by atoms with van der Waals surface area (Å²) in [5, 5.41) is 0. The summed E-state index contributed by atoms with van der Waals surface area (Å²) in [5.41, 5.74) is 6.28. The van der Waals surface area contributed by atoms with Crippen LogP contribution in [0.4, 0.5) is 0 Å². The lowest BCUT2D eigenvalue weighted by molar-refractivity contribution is 0.766. The van der Waals surface area contributed by atoms with Gasteiger partial charge in [-0.25, -0.2) is 0 Å². The molecular weight excluding hydrogens is 132 g/mol. The molecule has 0 saturated heterocycles. The van der Waals surface area contributed by atoms with Crippen LogP contribution >= 0.6 is 0 Å². The van der Waals surface area contributed by atoms with E-state index in [2.05, 4.69) is 30.9 Å². The first kappa shape index (κ1) is 6.69. The third-order valence-corrected chi connectivity index (χ3v) is 2.34. The molecular formula is C11H12. The van der Waals surface area contributed by atoms with E-state index in [0.29, 0.717) is 5.92 Å². The first-order valence-corrected chi connectivity index (χ1v) is 4.16. The maximum Gasteiger partial charge on any atom is 0.0239 e. The molecule has 1 atom stereocenters. The molecule has 0 aromatic carbocycles. The van der Waals surface area contributed by atoms with Gasteiger partial charge in [0.2, 0.25) is 0 Å². The van der Waals surface area contributed by atoms with Crippen molar-refractivity contribution in [3.8, 4) is 0 Å². The summed E-state index contributed by atoms with van der Waals surface area (Å²) < 4.78 is 0. The Kier molecular flexibility index (Phi) is 1.56. The highest BCUT2D eigenvalue weighted by Crippen LogP contribution is 2.29. The number of hydrogen-bond acceptors (Lipinski definition) is 0. The van der Waals surface area contributed by atoms with Gasteiger partial charge in [0.25, 0.3) is 0 Å². The van der Waals surface area contributed by atoms with Gasteiger partial charge in [-0.15, -0.1) is 5.73 Å². The summed E-state index contributed by atoms with van der Waals surface area (Å²) in [4.78, 5) is 0. The highest BCUT2D eigenvalue weighted by atomic mass is 14.2. The van der Waals surface area contributed by atoms with Crippen molar-refractivity contribution in [2.24, 2.45) is 5.92 Å². The van der Waals surface area contributed by atoms with E-state index in [1.54, 1.807) is 0 Å². The van der Waals surface area contributed by atoms with Gasteiger partial charge in [0.05, 0.1) is 0 Å². The summed E-state index contributed by atoms with van der Waals surface area (Å²) in [5.74, 6) is 0.564. The van der Waals surface area contributed by atoms with Crippen LogP contribution in [-0.2, 0) is 0 Å². The minimum Gasteiger partial charge on any atom is -0.121 e. The van der Waals surface area contributed by atoms with E-state index in [9.17, 15) is 0 Å². The summed E-state index contributed by atoms with van der Waals surface area (Å²) >= 11 is 0. The summed E-state index contributed by atoms with van der Waals surface area (Å²) in [7, 11) is 0. The molecule has 0 amide bonds. The first-order valence-electron chi connectivity index (χ1n) is 4.16. The van der Waals surface area contributed by atoms with Crippen LogP contribution in [0.3, 0.4) is 0 Å². The molecule has 0 bridgehead atoms. The van der Waals surface area contributed by atoms with E-state index in [1.807, 2.05) is 6.08 Å². The zero-order valence-electron chi connectivity index (χ0n) is 6.80. The molecule has 0 aliphatic heterocycles. The van der Waals surface area contributed by atoms with Gasteiger partial charge in [-0.3, -0.25) is 0 Å². The smallest absolute Gasteiger partial charge is 0.0239 e. The van der Waals surface area contributed by atoms with Gasteiger partial charge in [-0.2, -0.15) is 0 Å². The van der Waals surface area contributed by atoms with Crippen molar-refractivity contribution in [1.29, 1.82) is 0 Å². The third-order valence-electron chi connectivity index (χ3n) is 2.34. The molecule has 0 nitrogen and oxygen atoms in total. The van der Waals surface area contributed by atoms with E-state index in [4.69, 9.17) is 0 Å². The van der Waals surface area contributed by atoms with Crippen molar-refractivity contribution >= 4 is 0 Å². The Morgan fingerprint density at radius 1 is 1.45 bits per heavy atom. The second-order valence-electron chi connectivity index (χ2n) is 3.26. The predicted molar refractivity (Wildman–Crippen MR) is 47.2 cm³/mol. The van der Waals surface area contributed by atoms with Crippen molar-refractivity contribution in [2.45, 2.75) is 19.8 Å². The number of fused-ring (bicyclic) bond motifs is 1. The lowest BCUT2D eigenvalue weighted by atomic mass is 9.85. The second kappa shape index (κ2) is 2.56. The molecule has 0 fully saturated rings. The van der Waals surface area contributed by atoms with Crippen LogP contribution in [0, 0.1) is 5.92 Å². The molecule has 0 aromatic heterocycles. The van der Waals surface area contributed by atoms with Crippen molar-refractivity contribution < 1.29 is 0 Å². The molecule has 0 N–H and O–H groups in total. The average Bonchev–Trinajstić information content (AvgIpc) is 2.04. The van der Waals surface area contributed by atoms with Gasteiger partial charge < -0.3 is 0 Å². The average molecular weight is 144 g/mol. The van der Waals surface area contributed by atoms with E-state index in [1.165, 1.54) is 24.0 Å². The van der Waals surface area contributed by atoms with Crippen LogP contribution in [0.1, 0.15) is 19.8 Å². The van der Waals surface area contributed by atoms with Gasteiger partial charge in [0.1, 0.15) is 0 Å². The normalized spacial score (nSPS) is 27.5. The third kappa shape index (κ3) is 1.22. The molecule has 0 heterocycles. The molecule has 0 aromatic rings. The maximum atomic E-state index is 3.30. The Morgan fingerprint density at radius 3 is 3.27 bits per heavy atom. The zero-order chi connectivity index (χ0) is 7.68. The molecule has 0 saturated carbocycles. The monoisotopic (exact) mass is 144 g/mol. The topological polar surface area (TPSA) is 0 Å². The quantitative estimate of drug-likeness (QED) is 0.362. The van der Waals surface area contributed by atoms with E-state index in [0.717, 1.165) is 0 Å². The van der Waals surface area contributed by atoms with Crippen LogP contribution in [0.2, 0.25) is 0 Å². The van der Waals surface area contributed by atoms with Crippen LogP contribution in [-0.4, -0.2) is 0 Å². The Labute approximate surface area is 67.6 Å². The zero-order valence-corrected chi connectivity index (χ0v) is 6.80. The number of hydrogen-bond donors (Lipinski definition) is 0. The van der Waals surface area contributed by atoms with Crippen LogP contribution < -0.4 is 0 Å². The lowest BCUT2D eigenvalue weighted by Crippen LogP contribution is -2.05. The minimum atomic E-state index is 0.564. The molecule has 2 aliphatic carbocycles. The second-order valence-corrected chi connectivity index (χ2v) is 3.26. The molecule has 11 heavy (non-hydrogen) atoms. The molecule has 56 valence electrons. The Bertz CT molecular complexity index is 283. The SMILES string of the molecule is CC1=CC2C=CC=C=C2CC1. The highest BCUT2D eigenvalue weighted by Gasteiger charge is 2.14. The standard InChI is InChI=1S/C11H12/c1-9-6-7-10-4-2-3-5-11(10)8-9/h2-3,5,8,11H,6-7H2,1H3. The molecule has 0 radical (unpaired) electrons. The minimum absolute atomic E-state index is 0.564. The van der Waals surface area contributed by atoms with Crippen LogP contribution in [0.25, 0.3) is 0 Å². The fraction of sp³-hybridized carbons (Fsp3) is 0.364. The van der Waals surface area contributed by atoms with Crippen molar-refractivity contribution in [3.63, 3.8) is 0 Å². The van der Waals surface area contributed by atoms with E-state index in [-0.39, 0.29) is 0 Å². The lowest BCUT2D eigenvalue weighted by Gasteiger charge is -2.19. The van der Waals surface area contributed by atoms with Gasteiger partial charge in [0.15, 0.2) is 0 Å². The fourth-order valence-electron chi connectivity index (χ4n) is 1.66. The van der Waals surface area contributed by atoms with Crippen molar-refractivity contribution in [3.05, 3.63) is 41.2 Å². The van der Waals surface area contributed by atoms with Crippen LogP contribution in [0.5, 0.6) is 0 Å². The van der Waals surface area contributed by atoms with Gasteiger partial charge >= 0.3 is 0 Å². The number of rotatable bonds is 0. The number of allylic oxidation sites excluding steroid dienone is 5. The Morgan fingerprint density at radius 2 is 2.36 bits per heavy atom. The fourth-order valence-corrected chi connectivity index (χ4v) is 1.66. The van der Waals surface area contributed by atoms with Crippen LogP contribution in [0.15, 0.2) is 41.2 Å². The summed E-state index contributed by atoms with van der Waals surface area (Å²) in [6, 6.07) is 0. The predicted octanol–water partition coefficient (Wildman–Crippen LogP) is 2.99. The van der Waals surface area contributed by atoms with Gasteiger partial charge in [0, 0.05) is 5.92 Å². The largest absolute Gasteiger partial charge is 0.121 e. The molecule has 2 rings (SSSR count). The summed E-state index contributed by atoms with van der Waals surface area (Å²) in [6.07, 6.45) is 11.1. The first-order chi connectivity index (χ1) is 5.36. The Balaban J connectivity index is 2.38. The van der Waals surface area contributed by atoms with Crippen molar-refractivity contribution in [2.75, 3.05) is 0 Å². The van der Waals surface area contributed by atoms with Gasteiger partial charge in [-0.1, -0.05) is 23.8 Å². The van der Waals surface area contributed by atoms with E-state index >= 15 is 0 Å². The Hall–Kier alpha value is -1.00. The molecule has 1 unspecified atom stereocenters. The van der Waals surface area contributed by atoms with E-state index < -0.39 is 0 Å². The van der Waals surface area contributed by atoms with Crippen molar-refractivity contribution in [1.82, 2.24) is 0 Å². The molecule has 0 spiro atoms. The highest BCUT2D eigenvalue weighted by molar-refractivity contribution is 5.31. The maximum absolute atomic E-state index is 3.30. The molecule has 2 aliphatic rings. The molecule has 0 heteroatoms. The summed E-state index contributed by atoms with van der Waals surface area (Å²) in [6.45, 7) is 2.21.